The van der Waals surface area contributed by atoms with Crippen LogP contribution in [-0.2, 0) is 0 Å². The molecule has 0 aliphatic carbocycles. The molecule has 0 heterocycles. The van der Waals surface area contributed by atoms with Crippen LogP contribution >= 0.6 is 0 Å². The largest absolute Gasteiger partial charge is 0.0917 e. The molecule has 0 saturated heterocycles. The van der Waals surface area contributed by atoms with Crippen molar-refractivity contribution in [3.8, 4) is 0 Å². The maximum atomic E-state index is 2.38. The maximum Gasteiger partial charge on any atom is -0.0351 e. The molecule has 0 heteroatoms. The van der Waals surface area contributed by atoms with Gasteiger partial charge in [-0.1, -0.05) is 76.2 Å². The Morgan fingerprint density at radius 2 is 1.00 bits per heavy atom. The summed E-state index contributed by atoms with van der Waals surface area (Å²) < 4.78 is 0. The summed E-state index contributed by atoms with van der Waals surface area (Å²) in [5, 5.41) is 0. The van der Waals surface area contributed by atoms with Gasteiger partial charge in [-0.05, 0) is 39.0 Å². The van der Waals surface area contributed by atoms with E-state index in [1.54, 1.807) is 0 Å². The van der Waals surface area contributed by atoms with Crippen LogP contribution in [0.25, 0.3) is 0 Å². The van der Waals surface area contributed by atoms with Crippen molar-refractivity contribution in [1.82, 2.24) is 0 Å². The molecule has 0 aliphatic heterocycles. The van der Waals surface area contributed by atoms with Gasteiger partial charge in [0.05, 0.1) is 0 Å². The maximum absolute atomic E-state index is 2.38. The van der Waals surface area contributed by atoms with E-state index in [1.165, 1.54) is 77.0 Å². The Morgan fingerprint density at radius 3 is 1.50 bits per heavy atom. The minimum absolute atomic E-state index is 1.28. The summed E-state index contributed by atoms with van der Waals surface area (Å²) in [6.45, 7) is 4.36. The van der Waals surface area contributed by atoms with E-state index in [0.717, 1.165) is 0 Å². The SMILES string of the molecule is C/C=C/CCCCCCCCC/C=C\CCCC. The molecular formula is C18H34. The van der Waals surface area contributed by atoms with Crippen molar-refractivity contribution in [1.29, 1.82) is 0 Å². The van der Waals surface area contributed by atoms with E-state index in [1.807, 2.05) is 0 Å². The standard InChI is InChI=1S/C18H34/c1-3-5-7-9-11-13-15-17-18-16-14-12-10-8-6-4-2/h3,5,10,12H,4,6-9,11,13-18H2,1-2H3/b5-3+,12-10-. The number of rotatable bonds is 13. The van der Waals surface area contributed by atoms with E-state index in [-0.39, 0.29) is 0 Å². The van der Waals surface area contributed by atoms with Crippen LogP contribution in [0.15, 0.2) is 24.3 Å². The van der Waals surface area contributed by atoms with E-state index >= 15 is 0 Å². The first kappa shape index (κ1) is 17.5. The second-order valence-electron chi connectivity index (χ2n) is 5.23. The Morgan fingerprint density at radius 1 is 0.556 bits per heavy atom. The number of allylic oxidation sites excluding steroid dienone is 4. The van der Waals surface area contributed by atoms with Gasteiger partial charge in [-0.15, -0.1) is 0 Å². The van der Waals surface area contributed by atoms with Crippen molar-refractivity contribution in [2.24, 2.45) is 0 Å². The highest BCUT2D eigenvalue weighted by molar-refractivity contribution is 4.81. The summed E-state index contributed by atoms with van der Waals surface area (Å²) in [5.74, 6) is 0. The van der Waals surface area contributed by atoms with Crippen LogP contribution in [0.4, 0.5) is 0 Å². The minimum atomic E-state index is 1.28. The normalized spacial score (nSPS) is 11.9. The monoisotopic (exact) mass is 250 g/mol. The quantitative estimate of drug-likeness (QED) is 0.248. The lowest BCUT2D eigenvalue weighted by atomic mass is 10.1. The van der Waals surface area contributed by atoms with Gasteiger partial charge in [0.2, 0.25) is 0 Å². The molecule has 0 fully saturated rings. The first-order chi connectivity index (χ1) is 8.91. The molecule has 0 radical (unpaired) electrons. The zero-order valence-electron chi connectivity index (χ0n) is 12.8. The molecule has 18 heavy (non-hydrogen) atoms. The summed E-state index contributed by atoms with van der Waals surface area (Å²) in [4.78, 5) is 0. The molecule has 0 nitrogen and oxygen atoms in total. The van der Waals surface area contributed by atoms with Crippen LogP contribution in [-0.4, -0.2) is 0 Å². The molecule has 0 aliphatic rings. The van der Waals surface area contributed by atoms with Gasteiger partial charge in [0.1, 0.15) is 0 Å². The van der Waals surface area contributed by atoms with Gasteiger partial charge in [0.15, 0.2) is 0 Å². The van der Waals surface area contributed by atoms with Gasteiger partial charge in [-0.2, -0.15) is 0 Å². The second kappa shape index (κ2) is 16.5. The molecule has 0 aromatic carbocycles. The third-order valence-corrected chi connectivity index (χ3v) is 3.37. The molecule has 0 N–H and O–H groups in total. The van der Waals surface area contributed by atoms with Gasteiger partial charge in [-0.25, -0.2) is 0 Å². The first-order valence-electron chi connectivity index (χ1n) is 8.18. The minimum Gasteiger partial charge on any atom is -0.0917 e. The van der Waals surface area contributed by atoms with Crippen LogP contribution in [0, 0.1) is 0 Å². The number of hydrogen-bond donors (Lipinski definition) is 0. The van der Waals surface area contributed by atoms with Crippen LogP contribution in [0.3, 0.4) is 0 Å². The van der Waals surface area contributed by atoms with Crippen molar-refractivity contribution in [2.45, 2.75) is 90.9 Å². The van der Waals surface area contributed by atoms with Crippen LogP contribution in [0.1, 0.15) is 90.9 Å². The first-order valence-corrected chi connectivity index (χ1v) is 8.18. The lowest BCUT2D eigenvalue weighted by Gasteiger charge is -2.00. The van der Waals surface area contributed by atoms with Crippen LogP contribution in [0.2, 0.25) is 0 Å². The molecule has 0 aromatic rings. The predicted molar refractivity (Wildman–Crippen MR) is 85.0 cm³/mol. The molecule has 0 spiro atoms. The van der Waals surface area contributed by atoms with Crippen molar-refractivity contribution < 1.29 is 0 Å². The van der Waals surface area contributed by atoms with E-state index in [0.29, 0.717) is 0 Å². The fourth-order valence-electron chi connectivity index (χ4n) is 2.13. The van der Waals surface area contributed by atoms with Gasteiger partial charge >= 0.3 is 0 Å². The summed E-state index contributed by atoms with van der Waals surface area (Å²) in [7, 11) is 0. The zero-order chi connectivity index (χ0) is 13.3. The van der Waals surface area contributed by atoms with Gasteiger partial charge in [-0.3, -0.25) is 0 Å². The highest BCUT2D eigenvalue weighted by Gasteiger charge is 1.90. The molecule has 0 bridgehead atoms. The van der Waals surface area contributed by atoms with Gasteiger partial charge < -0.3 is 0 Å². The molecule has 0 rings (SSSR count). The third kappa shape index (κ3) is 15.5. The average molecular weight is 250 g/mol. The van der Waals surface area contributed by atoms with Crippen molar-refractivity contribution >= 4 is 0 Å². The Balaban J connectivity index is 3.00. The summed E-state index contributed by atoms with van der Waals surface area (Å²) in [6, 6.07) is 0. The average Bonchev–Trinajstić information content (AvgIpc) is 2.39. The van der Waals surface area contributed by atoms with E-state index in [4.69, 9.17) is 0 Å². The second-order valence-corrected chi connectivity index (χ2v) is 5.23. The molecule has 0 saturated carbocycles. The van der Waals surface area contributed by atoms with Crippen molar-refractivity contribution in [3.63, 3.8) is 0 Å². The highest BCUT2D eigenvalue weighted by atomic mass is 14.0. The lowest BCUT2D eigenvalue weighted by Crippen LogP contribution is -1.80. The number of unbranched alkanes of at least 4 members (excludes halogenated alkanes) is 10. The Bertz CT molecular complexity index is 188. The molecule has 0 amide bonds. The van der Waals surface area contributed by atoms with E-state index < -0.39 is 0 Å². The highest BCUT2D eigenvalue weighted by Crippen LogP contribution is 2.10. The Hall–Kier alpha value is -0.520. The van der Waals surface area contributed by atoms with Crippen LogP contribution < -0.4 is 0 Å². The number of hydrogen-bond acceptors (Lipinski definition) is 0. The van der Waals surface area contributed by atoms with Crippen molar-refractivity contribution in [2.75, 3.05) is 0 Å². The summed E-state index contributed by atoms with van der Waals surface area (Å²) >= 11 is 0. The molecule has 0 atom stereocenters. The lowest BCUT2D eigenvalue weighted by molar-refractivity contribution is 0.583. The van der Waals surface area contributed by atoms with Crippen LogP contribution in [0.5, 0.6) is 0 Å². The molecule has 0 aromatic heterocycles. The van der Waals surface area contributed by atoms with Gasteiger partial charge in [0, 0.05) is 0 Å². The smallest absolute Gasteiger partial charge is 0.0351 e. The van der Waals surface area contributed by atoms with Crippen molar-refractivity contribution in [3.05, 3.63) is 24.3 Å². The van der Waals surface area contributed by atoms with Gasteiger partial charge in [0.25, 0.3) is 0 Å². The molecule has 0 unspecified atom stereocenters. The Labute approximate surface area is 116 Å². The predicted octanol–water partition coefficient (Wildman–Crippen LogP) is 6.82. The van der Waals surface area contributed by atoms with E-state index in [2.05, 4.69) is 38.2 Å². The topological polar surface area (TPSA) is 0 Å². The fourth-order valence-corrected chi connectivity index (χ4v) is 2.13. The summed E-state index contributed by atoms with van der Waals surface area (Å²) in [6.07, 6.45) is 25.6. The third-order valence-electron chi connectivity index (χ3n) is 3.37. The Kier molecular flexibility index (Phi) is 16.0. The zero-order valence-corrected chi connectivity index (χ0v) is 12.8. The summed E-state index contributed by atoms with van der Waals surface area (Å²) in [5.41, 5.74) is 0. The van der Waals surface area contributed by atoms with E-state index in [9.17, 15) is 0 Å². The molecular weight excluding hydrogens is 216 g/mol. The fraction of sp³-hybridized carbons (Fsp3) is 0.778. The molecule has 106 valence electrons.